The van der Waals surface area contributed by atoms with Crippen molar-refractivity contribution in [1.29, 1.82) is 5.26 Å². The monoisotopic (exact) mass is 223 g/mol. The molecular formula is C12H21N3O. The molecule has 1 unspecified atom stereocenters. The van der Waals surface area contributed by atoms with Crippen molar-refractivity contribution in [3.63, 3.8) is 0 Å². The highest BCUT2D eigenvalue weighted by Gasteiger charge is 2.33. The molecule has 0 radical (unpaired) electrons. The van der Waals surface area contributed by atoms with E-state index < -0.39 is 6.04 Å². The molecule has 0 aromatic carbocycles. The summed E-state index contributed by atoms with van der Waals surface area (Å²) in [4.78, 5) is 13.8. The van der Waals surface area contributed by atoms with Crippen molar-refractivity contribution in [3.8, 4) is 6.07 Å². The fourth-order valence-electron chi connectivity index (χ4n) is 1.85. The van der Waals surface area contributed by atoms with Crippen molar-refractivity contribution in [2.24, 2.45) is 17.1 Å². The number of amides is 1. The molecule has 4 heteroatoms. The third-order valence-corrected chi connectivity index (χ3v) is 3.11. The van der Waals surface area contributed by atoms with Crippen LogP contribution in [0.1, 0.15) is 33.6 Å². The van der Waals surface area contributed by atoms with Gasteiger partial charge in [0.25, 0.3) is 0 Å². The van der Waals surface area contributed by atoms with Gasteiger partial charge < -0.3 is 10.6 Å². The third kappa shape index (κ3) is 2.96. The molecule has 0 aromatic rings. The zero-order chi connectivity index (χ0) is 12.3. The molecule has 2 atom stereocenters. The first-order chi connectivity index (χ1) is 7.36. The number of nitrogens with two attached hydrogens (primary N) is 1. The summed E-state index contributed by atoms with van der Waals surface area (Å²) in [5, 5.41) is 8.87. The van der Waals surface area contributed by atoms with Crippen molar-refractivity contribution in [3.05, 3.63) is 0 Å². The Morgan fingerprint density at radius 1 is 1.56 bits per heavy atom. The number of likely N-dealkylation sites (tertiary alicyclic amines) is 1. The SMILES string of the molecule is CC(C)(C)[C@@H](N)C(=O)N1CCCC(C#N)C1. The molecule has 90 valence electrons. The Balaban J connectivity index is 2.64. The van der Waals surface area contributed by atoms with Crippen molar-refractivity contribution >= 4 is 5.91 Å². The summed E-state index contributed by atoms with van der Waals surface area (Å²) in [7, 11) is 0. The molecule has 1 aliphatic rings. The Kier molecular flexibility index (Phi) is 3.93. The number of piperidine rings is 1. The number of nitriles is 1. The van der Waals surface area contributed by atoms with Crippen LogP contribution in [0.5, 0.6) is 0 Å². The molecule has 1 amide bonds. The van der Waals surface area contributed by atoms with Gasteiger partial charge in [0.2, 0.25) is 5.91 Å². The highest BCUT2D eigenvalue weighted by Crippen LogP contribution is 2.22. The van der Waals surface area contributed by atoms with Crippen molar-refractivity contribution in [1.82, 2.24) is 4.90 Å². The van der Waals surface area contributed by atoms with E-state index in [0.717, 1.165) is 19.4 Å². The van der Waals surface area contributed by atoms with Crippen molar-refractivity contribution < 1.29 is 4.79 Å². The summed E-state index contributed by atoms with van der Waals surface area (Å²) in [6.07, 6.45) is 1.80. The van der Waals surface area contributed by atoms with Gasteiger partial charge in [0.05, 0.1) is 18.0 Å². The zero-order valence-corrected chi connectivity index (χ0v) is 10.4. The Bertz CT molecular complexity index is 300. The highest BCUT2D eigenvalue weighted by molar-refractivity contribution is 5.82. The second kappa shape index (κ2) is 4.84. The number of hydrogen-bond donors (Lipinski definition) is 1. The number of carbonyl (C=O) groups excluding carboxylic acids is 1. The quantitative estimate of drug-likeness (QED) is 0.724. The van der Waals surface area contributed by atoms with Gasteiger partial charge in [0.1, 0.15) is 0 Å². The van der Waals surface area contributed by atoms with Crippen LogP contribution in [0, 0.1) is 22.7 Å². The number of nitrogens with zero attached hydrogens (tertiary/aromatic N) is 2. The topological polar surface area (TPSA) is 70.1 Å². The smallest absolute Gasteiger partial charge is 0.240 e. The van der Waals surface area contributed by atoms with E-state index in [1.807, 2.05) is 20.8 Å². The summed E-state index contributed by atoms with van der Waals surface area (Å²) in [5.41, 5.74) is 5.71. The Morgan fingerprint density at radius 2 is 2.19 bits per heavy atom. The average Bonchev–Trinajstić information content (AvgIpc) is 2.26. The maximum Gasteiger partial charge on any atom is 0.240 e. The highest BCUT2D eigenvalue weighted by atomic mass is 16.2. The minimum Gasteiger partial charge on any atom is -0.340 e. The Hall–Kier alpha value is -1.08. The van der Waals surface area contributed by atoms with Gasteiger partial charge in [0, 0.05) is 13.1 Å². The van der Waals surface area contributed by atoms with Crippen LogP contribution in [0.25, 0.3) is 0 Å². The number of hydrogen-bond acceptors (Lipinski definition) is 3. The molecule has 4 nitrogen and oxygen atoms in total. The van der Waals surface area contributed by atoms with Gasteiger partial charge in [0.15, 0.2) is 0 Å². The lowest BCUT2D eigenvalue weighted by molar-refractivity contribution is -0.136. The van der Waals surface area contributed by atoms with Crippen LogP contribution in [-0.2, 0) is 4.79 Å². The van der Waals surface area contributed by atoms with Crippen molar-refractivity contribution in [2.45, 2.75) is 39.7 Å². The predicted molar refractivity (Wildman–Crippen MR) is 62.3 cm³/mol. The molecule has 2 N–H and O–H groups in total. The van der Waals surface area contributed by atoms with E-state index in [2.05, 4.69) is 6.07 Å². The first-order valence-corrected chi connectivity index (χ1v) is 5.80. The van der Waals surface area contributed by atoms with E-state index in [1.165, 1.54) is 0 Å². The molecule has 1 heterocycles. The largest absolute Gasteiger partial charge is 0.340 e. The molecular weight excluding hydrogens is 202 g/mol. The van der Waals surface area contributed by atoms with Crippen LogP contribution < -0.4 is 5.73 Å². The molecule has 0 spiro atoms. The molecule has 0 bridgehead atoms. The summed E-state index contributed by atoms with van der Waals surface area (Å²) in [6.45, 7) is 7.16. The lowest BCUT2D eigenvalue weighted by Crippen LogP contribution is -2.52. The maximum atomic E-state index is 12.1. The van der Waals surface area contributed by atoms with E-state index in [1.54, 1.807) is 4.90 Å². The van der Waals surface area contributed by atoms with E-state index in [4.69, 9.17) is 11.0 Å². The lowest BCUT2D eigenvalue weighted by atomic mass is 9.86. The zero-order valence-electron chi connectivity index (χ0n) is 10.4. The molecule has 1 aliphatic heterocycles. The minimum atomic E-state index is -0.482. The maximum absolute atomic E-state index is 12.1. The van der Waals surface area contributed by atoms with Gasteiger partial charge in [-0.25, -0.2) is 0 Å². The van der Waals surface area contributed by atoms with E-state index in [9.17, 15) is 4.79 Å². The van der Waals surface area contributed by atoms with Crippen LogP contribution in [0.4, 0.5) is 0 Å². The molecule has 16 heavy (non-hydrogen) atoms. The fraction of sp³-hybridized carbons (Fsp3) is 0.833. The molecule has 1 rings (SSSR count). The molecule has 1 saturated heterocycles. The fourth-order valence-corrected chi connectivity index (χ4v) is 1.85. The van der Waals surface area contributed by atoms with Gasteiger partial charge in [-0.2, -0.15) is 5.26 Å². The van der Waals surface area contributed by atoms with Crippen LogP contribution in [0.15, 0.2) is 0 Å². The third-order valence-electron chi connectivity index (χ3n) is 3.11. The molecule has 0 aliphatic carbocycles. The second-order valence-corrected chi connectivity index (χ2v) is 5.60. The first kappa shape index (κ1) is 13.0. The van der Waals surface area contributed by atoms with Crippen LogP contribution in [0.3, 0.4) is 0 Å². The Labute approximate surface area is 97.4 Å². The molecule has 0 saturated carbocycles. The van der Waals surface area contributed by atoms with E-state index in [-0.39, 0.29) is 17.2 Å². The number of rotatable bonds is 1. The summed E-state index contributed by atoms with van der Waals surface area (Å²) < 4.78 is 0. The first-order valence-electron chi connectivity index (χ1n) is 5.80. The van der Waals surface area contributed by atoms with Gasteiger partial charge in [-0.1, -0.05) is 20.8 Å². The predicted octanol–water partition coefficient (Wildman–Crippen LogP) is 1.12. The normalized spacial score (nSPS) is 23.7. The summed E-state index contributed by atoms with van der Waals surface area (Å²) >= 11 is 0. The van der Waals surface area contributed by atoms with E-state index >= 15 is 0 Å². The van der Waals surface area contributed by atoms with Gasteiger partial charge in [-0.15, -0.1) is 0 Å². The minimum absolute atomic E-state index is 0.0209. The molecule has 1 fully saturated rings. The number of carbonyl (C=O) groups is 1. The van der Waals surface area contributed by atoms with Crippen molar-refractivity contribution in [2.75, 3.05) is 13.1 Å². The van der Waals surface area contributed by atoms with Crippen LogP contribution in [-0.4, -0.2) is 29.9 Å². The standard InChI is InChI=1S/C12H21N3O/c1-12(2,3)10(14)11(16)15-6-4-5-9(7-13)8-15/h9-10H,4-6,8,14H2,1-3H3/t9?,10-/m0/s1. The second-order valence-electron chi connectivity index (χ2n) is 5.60. The van der Waals surface area contributed by atoms with E-state index in [0.29, 0.717) is 6.54 Å². The average molecular weight is 223 g/mol. The summed E-state index contributed by atoms with van der Waals surface area (Å²) in [6, 6.07) is 1.75. The van der Waals surface area contributed by atoms with Crippen LogP contribution in [0.2, 0.25) is 0 Å². The van der Waals surface area contributed by atoms with Crippen LogP contribution >= 0.6 is 0 Å². The Morgan fingerprint density at radius 3 is 2.69 bits per heavy atom. The van der Waals surface area contributed by atoms with Gasteiger partial charge in [-0.3, -0.25) is 4.79 Å². The molecule has 0 aromatic heterocycles. The summed E-state index contributed by atoms with van der Waals surface area (Å²) in [5.74, 6) is -0.0441. The van der Waals surface area contributed by atoms with Gasteiger partial charge >= 0.3 is 0 Å². The van der Waals surface area contributed by atoms with Gasteiger partial charge in [-0.05, 0) is 18.3 Å². The lowest BCUT2D eigenvalue weighted by Gasteiger charge is -2.35.